The molecule has 1 unspecified atom stereocenters. The van der Waals surface area contributed by atoms with Crippen LogP contribution >= 0.6 is 0 Å². The number of carbonyl (C=O) groups is 1. The van der Waals surface area contributed by atoms with Crippen LogP contribution in [0, 0.1) is 10.1 Å². The molecule has 1 rings (SSSR count). The third-order valence-electron chi connectivity index (χ3n) is 1.67. The minimum Gasteiger partial charge on any atom is -0.318 e. The predicted octanol–water partition coefficient (Wildman–Crippen LogP) is 2.32. The first-order valence-corrected chi connectivity index (χ1v) is 5.36. The molecule has 0 bridgehead atoms. The van der Waals surface area contributed by atoms with Gasteiger partial charge < -0.3 is 4.55 Å². The van der Waals surface area contributed by atoms with Crippen LogP contribution < -0.4 is 0 Å². The number of alkyl halides is 3. The summed E-state index contributed by atoms with van der Waals surface area (Å²) >= 11 is 0. The van der Waals surface area contributed by atoms with Crippen LogP contribution in [0.5, 0.6) is 0 Å². The molecule has 0 fully saturated rings. The average Bonchev–Trinajstić information content (AvgIpc) is 2.27. The fourth-order valence-electron chi connectivity index (χ4n) is 0.873. The first-order chi connectivity index (χ1) is 8.21. The molecule has 0 aliphatic heterocycles. The summed E-state index contributed by atoms with van der Waals surface area (Å²) < 4.78 is 47.4. The molecule has 1 aromatic carbocycles. The summed E-state index contributed by atoms with van der Waals surface area (Å²) in [6, 6.07) is 4.01. The van der Waals surface area contributed by atoms with E-state index in [-0.39, 0.29) is 10.6 Å². The molecule has 0 aliphatic carbocycles. The number of rotatable bonds is 2. The summed E-state index contributed by atoms with van der Waals surface area (Å²) in [7, 11) is -2.30. The van der Waals surface area contributed by atoms with Crippen molar-refractivity contribution in [3.63, 3.8) is 0 Å². The zero-order chi connectivity index (χ0) is 13.9. The summed E-state index contributed by atoms with van der Waals surface area (Å²) in [4.78, 5) is 19.9. The molecule has 98 valence electrons. The van der Waals surface area contributed by atoms with Crippen molar-refractivity contribution in [1.29, 1.82) is 0 Å². The lowest BCUT2D eigenvalue weighted by molar-refractivity contribution is -0.384. The first-order valence-electron chi connectivity index (χ1n) is 4.22. The number of benzene rings is 1. The molecule has 1 amide bonds. The quantitative estimate of drug-likeness (QED) is 0.665. The number of nitro groups is 1. The maximum absolute atomic E-state index is 11.9. The standard InChI is InChI=1S/C8H5F3N2O4S/c9-8(10,11)7(14)12-18(17)6-3-1-5(2-4-6)13(15)16/h1-4H,(H,12,14,17). The lowest BCUT2D eigenvalue weighted by atomic mass is 10.3. The Morgan fingerprint density at radius 2 is 1.83 bits per heavy atom. The molecular formula is C8H5F3N2O4S. The van der Waals surface area contributed by atoms with E-state index in [9.17, 15) is 32.6 Å². The molecule has 0 aromatic heterocycles. The van der Waals surface area contributed by atoms with Crippen molar-refractivity contribution in [2.75, 3.05) is 0 Å². The van der Waals surface area contributed by atoms with Gasteiger partial charge >= 0.3 is 12.1 Å². The Bertz CT molecular complexity index is 512. The highest BCUT2D eigenvalue weighted by molar-refractivity contribution is 7.82. The Hall–Kier alpha value is -1.81. The van der Waals surface area contributed by atoms with Crippen LogP contribution in [0.3, 0.4) is 0 Å². The minimum atomic E-state index is -5.16. The number of nitrogens with zero attached hydrogens (tertiary/aromatic N) is 2. The van der Waals surface area contributed by atoms with E-state index >= 15 is 0 Å². The number of amides is 1. The summed E-state index contributed by atoms with van der Waals surface area (Å²) in [5.74, 6) is -2.41. The van der Waals surface area contributed by atoms with Gasteiger partial charge in [0.25, 0.3) is 5.69 Å². The molecule has 10 heteroatoms. The fourth-order valence-corrected chi connectivity index (χ4v) is 1.62. The third kappa shape index (κ3) is 3.60. The number of nitro benzene ring substituents is 1. The van der Waals surface area contributed by atoms with E-state index in [1.807, 2.05) is 0 Å². The molecule has 0 saturated heterocycles. The van der Waals surface area contributed by atoms with Crippen LogP contribution in [0.4, 0.5) is 18.9 Å². The minimum absolute atomic E-state index is 0.127. The monoisotopic (exact) mass is 282 g/mol. The lowest BCUT2D eigenvalue weighted by Gasteiger charge is -2.02. The number of non-ortho nitro benzene ring substituents is 1. The van der Waals surface area contributed by atoms with Gasteiger partial charge in [-0.25, -0.2) is 0 Å². The zero-order valence-electron chi connectivity index (χ0n) is 8.42. The first kappa shape index (κ1) is 14.3. The van der Waals surface area contributed by atoms with Crippen LogP contribution in [0.1, 0.15) is 0 Å². The maximum atomic E-state index is 11.9. The van der Waals surface area contributed by atoms with Crippen molar-refractivity contribution in [2.45, 2.75) is 11.1 Å². The van der Waals surface area contributed by atoms with Gasteiger partial charge in [-0.3, -0.25) is 14.9 Å². The Kier molecular flexibility index (Phi) is 4.14. The van der Waals surface area contributed by atoms with Crippen LogP contribution in [-0.4, -0.2) is 21.6 Å². The Morgan fingerprint density at radius 3 is 2.22 bits per heavy atom. The van der Waals surface area contributed by atoms with E-state index in [2.05, 4.69) is 4.36 Å². The smallest absolute Gasteiger partial charge is 0.318 e. The Balaban J connectivity index is 2.98. The molecule has 18 heavy (non-hydrogen) atoms. The SMILES string of the molecule is O=C(N=S(O)c1ccc([N+](=O)[O-])cc1)C(F)(F)F. The van der Waals surface area contributed by atoms with Gasteiger partial charge in [0.15, 0.2) is 0 Å². The lowest BCUT2D eigenvalue weighted by Crippen LogP contribution is -2.20. The van der Waals surface area contributed by atoms with E-state index in [0.29, 0.717) is 0 Å². The summed E-state index contributed by atoms with van der Waals surface area (Å²) in [5.41, 5.74) is -0.294. The Morgan fingerprint density at radius 1 is 1.33 bits per heavy atom. The van der Waals surface area contributed by atoms with Crippen molar-refractivity contribution in [3.8, 4) is 0 Å². The van der Waals surface area contributed by atoms with Gasteiger partial charge in [0.1, 0.15) is 0 Å². The van der Waals surface area contributed by atoms with Gasteiger partial charge in [-0.05, 0) is 12.1 Å². The van der Waals surface area contributed by atoms with Crippen molar-refractivity contribution >= 4 is 22.6 Å². The second-order valence-corrected chi connectivity index (χ2v) is 4.09. The van der Waals surface area contributed by atoms with E-state index in [4.69, 9.17) is 0 Å². The average molecular weight is 282 g/mol. The van der Waals surface area contributed by atoms with E-state index in [1.165, 1.54) is 0 Å². The van der Waals surface area contributed by atoms with Crippen LogP contribution in [0.25, 0.3) is 0 Å². The van der Waals surface area contributed by atoms with Crippen molar-refractivity contribution in [3.05, 3.63) is 34.4 Å². The highest BCUT2D eigenvalue weighted by Crippen LogP contribution is 2.19. The molecule has 0 saturated carbocycles. The van der Waals surface area contributed by atoms with Gasteiger partial charge in [-0.1, -0.05) is 0 Å². The fraction of sp³-hybridized carbons (Fsp3) is 0.125. The number of halogens is 3. The summed E-state index contributed by atoms with van der Waals surface area (Å²) in [6.45, 7) is 0. The van der Waals surface area contributed by atoms with Crippen molar-refractivity contribution in [2.24, 2.45) is 4.36 Å². The molecular weight excluding hydrogens is 277 g/mol. The van der Waals surface area contributed by atoms with E-state index < -0.39 is 28.0 Å². The molecule has 0 aliphatic rings. The van der Waals surface area contributed by atoms with Gasteiger partial charge in [-0.2, -0.15) is 17.5 Å². The largest absolute Gasteiger partial charge is 0.474 e. The van der Waals surface area contributed by atoms with Gasteiger partial charge in [0, 0.05) is 17.0 Å². The third-order valence-corrected chi connectivity index (χ3v) is 2.70. The number of hydrogen-bond donors (Lipinski definition) is 1. The van der Waals surface area contributed by atoms with E-state index in [0.717, 1.165) is 24.3 Å². The topological polar surface area (TPSA) is 92.8 Å². The molecule has 6 nitrogen and oxygen atoms in total. The van der Waals surface area contributed by atoms with Crippen LogP contribution in [0.2, 0.25) is 0 Å². The van der Waals surface area contributed by atoms with Gasteiger partial charge in [-0.15, -0.1) is 0 Å². The van der Waals surface area contributed by atoms with E-state index in [1.54, 1.807) is 0 Å². The molecule has 1 atom stereocenters. The zero-order valence-corrected chi connectivity index (χ0v) is 9.23. The number of hydrogen-bond acceptors (Lipinski definition) is 3. The van der Waals surface area contributed by atoms with Crippen molar-refractivity contribution in [1.82, 2.24) is 0 Å². The number of carbonyl (C=O) groups excluding carboxylic acids is 1. The molecule has 0 spiro atoms. The second-order valence-electron chi connectivity index (χ2n) is 2.91. The predicted molar refractivity (Wildman–Crippen MR) is 54.8 cm³/mol. The van der Waals surface area contributed by atoms with Crippen molar-refractivity contribution < 1.29 is 27.4 Å². The van der Waals surface area contributed by atoms with Crippen LogP contribution in [-0.2, 0) is 15.8 Å². The highest BCUT2D eigenvalue weighted by Gasteiger charge is 2.39. The molecule has 0 heterocycles. The molecule has 1 aromatic rings. The summed E-state index contributed by atoms with van der Waals surface area (Å²) in [5, 5.41) is 10.3. The summed E-state index contributed by atoms with van der Waals surface area (Å²) in [6.07, 6.45) is -5.16. The maximum Gasteiger partial charge on any atom is 0.474 e. The normalized spacial score (nSPS) is 13.3. The van der Waals surface area contributed by atoms with Crippen LogP contribution in [0.15, 0.2) is 33.5 Å². The highest BCUT2D eigenvalue weighted by atomic mass is 32.2. The second kappa shape index (κ2) is 5.23. The van der Waals surface area contributed by atoms with Gasteiger partial charge in [0.05, 0.1) is 15.9 Å². The molecule has 0 radical (unpaired) electrons. The Labute approximate surface area is 101 Å². The molecule has 1 N–H and O–H groups in total. The van der Waals surface area contributed by atoms with Gasteiger partial charge in [0.2, 0.25) is 0 Å².